The van der Waals surface area contributed by atoms with E-state index in [1.807, 2.05) is 42.5 Å². The van der Waals surface area contributed by atoms with Gasteiger partial charge in [-0.3, -0.25) is 9.78 Å². The molecule has 3 aromatic rings. The van der Waals surface area contributed by atoms with Gasteiger partial charge in [0.05, 0.1) is 30.3 Å². The Labute approximate surface area is 155 Å². The predicted molar refractivity (Wildman–Crippen MR) is 103 cm³/mol. The third kappa shape index (κ3) is 3.58. The van der Waals surface area contributed by atoms with Gasteiger partial charge in [-0.05, 0) is 24.3 Å². The number of pyridine rings is 1. The molecule has 26 heavy (non-hydrogen) atoms. The van der Waals surface area contributed by atoms with Gasteiger partial charge in [0.2, 0.25) is 0 Å². The van der Waals surface area contributed by atoms with Crippen LogP contribution in [-0.4, -0.2) is 42.2 Å². The molecular formula is C19H18N4O2S. The largest absolute Gasteiger partial charge is 0.378 e. The number of anilines is 2. The van der Waals surface area contributed by atoms with E-state index in [1.165, 1.54) is 11.3 Å². The predicted octanol–water partition coefficient (Wildman–Crippen LogP) is 3.29. The van der Waals surface area contributed by atoms with E-state index in [0.717, 1.165) is 35.2 Å². The molecule has 2 aromatic heterocycles. The first-order valence-corrected chi connectivity index (χ1v) is 9.29. The molecule has 3 heterocycles. The minimum atomic E-state index is -0.218. The molecular weight excluding hydrogens is 348 g/mol. The Hall–Kier alpha value is -2.77. The number of ether oxygens (including phenoxy) is 1. The fraction of sp³-hybridized carbons (Fsp3) is 0.211. The topological polar surface area (TPSA) is 67.4 Å². The second-order valence-electron chi connectivity index (χ2n) is 5.82. The standard InChI is InChI=1S/C19H18N4O2S/c24-18(16-13-26-19(22-16)15-6-3-4-8-20-15)21-14-5-1-2-7-17(14)23-9-11-25-12-10-23/h1-8,13H,9-12H2,(H,21,24). The summed E-state index contributed by atoms with van der Waals surface area (Å²) in [7, 11) is 0. The van der Waals surface area contributed by atoms with Gasteiger partial charge in [-0.2, -0.15) is 0 Å². The van der Waals surface area contributed by atoms with Crippen molar-refractivity contribution < 1.29 is 9.53 Å². The minimum absolute atomic E-state index is 0.218. The molecule has 0 unspecified atom stereocenters. The Balaban J connectivity index is 1.53. The number of nitrogens with zero attached hydrogens (tertiary/aromatic N) is 3. The van der Waals surface area contributed by atoms with E-state index in [9.17, 15) is 4.79 Å². The minimum Gasteiger partial charge on any atom is -0.378 e. The smallest absolute Gasteiger partial charge is 0.275 e. The molecule has 0 atom stereocenters. The number of thiazole rings is 1. The third-order valence-corrected chi connectivity index (χ3v) is 4.99. The molecule has 0 spiro atoms. The summed E-state index contributed by atoms with van der Waals surface area (Å²) in [5, 5.41) is 5.49. The maximum atomic E-state index is 12.7. The summed E-state index contributed by atoms with van der Waals surface area (Å²) in [6.45, 7) is 3.02. The van der Waals surface area contributed by atoms with Crippen LogP contribution in [0.15, 0.2) is 54.0 Å². The van der Waals surface area contributed by atoms with Crippen molar-refractivity contribution in [3.05, 3.63) is 59.7 Å². The van der Waals surface area contributed by atoms with Crippen molar-refractivity contribution in [3.8, 4) is 10.7 Å². The number of nitrogens with one attached hydrogen (secondary N) is 1. The molecule has 1 saturated heterocycles. The van der Waals surface area contributed by atoms with Gasteiger partial charge in [-0.25, -0.2) is 4.98 Å². The summed E-state index contributed by atoms with van der Waals surface area (Å²) in [5.41, 5.74) is 2.95. The van der Waals surface area contributed by atoms with Crippen LogP contribution >= 0.6 is 11.3 Å². The summed E-state index contributed by atoms with van der Waals surface area (Å²) in [5.74, 6) is -0.218. The summed E-state index contributed by atoms with van der Waals surface area (Å²) in [4.78, 5) is 23.6. The molecule has 6 nitrogen and oxygen atoms in total. The van der Waals surface area contributed by atoms with Gasteiger partial charge in [0.25, 0.3) is 5.91 Å². The molecule has 1 N–H and O–H groups in total. The van der Waals surface area contributed by atoms with Crippen molar-refractivity contribution in [3.63, 3.8) is 0 Å². The average Bonchev–Trinajstić information content (AvgIpc) is 3.20. The first kappa shape index (κ1) is 16.7. The van der Waals surface area contributed by atoms with Gasteiger partial charge in [0, 0.05) is 24.7 Å². The van der Waals surface area contributed by atoms with Crippen LogP contribution < -0.4 is 10.2 Å². The molecule has 0 radical (unpaired) electrons. The molecule has 1 aromatic carbocycles. The molecule has 0 saturated carbocycles. The molecule has 1 amide bonds. The Morgan fingerprint density at radius 1 is 1.12 bits per heavy atom. The van der Waals surface area contributed by atoms with Crippen LogP contribution in [0.1, 0.15) is 10.5 Å². The second-order valence-corrected chi connectivity index (χ2v) is 6.68. The van der Waals surface area contributed by atoms with Crippen LogP contribution in [0, 0.1) is 0 Å². The van der Waals surface area contributed by atoms with Gasteiger partial charge in [0.15, 0.2) is 0 Å². The van der Waals surface area contributed by atoms with Crippen LogP contribution in [0.3, 0.4) is 0 Å². The molecule has 1 fully saturated rings. The Bertz CT molecular complexity index is 891. The van der Waals surface area contributed by atoms with Gasteiger partial charge < -0.3 is 15.0 Å². The van der Waals surface area contributed by atoms with Crippen LogP contribution in [0.25, 0.3) is 10.7 Å². The number of hydrogen-bond acceptors (Lipinski definition) is 6. The number of morpholine rings is 1. The van der Waals surface area contributed by atoms with E-state index in [0.29, 0.717) is 18.9 Å². The molecule has 132 valence electrons. The van der Waals surface area contributed by atoms with E-state index >= 15 is 0 Å². The summed E-state index contributed by atoms with van der Waals surface area (Å²) >= 11 is 1.41. The zero-order valence-corrected chi connectivity index (χ0v) is 14.9. The molecule has 0 bridgehead atoms. The van der Waals surface area contributed by atoms with Crippen molar-refractivity contribution in [2.75, 3.05) is 36.5 Å². The molecule has 1 aliphatic rings. The van der Waals surface area contributed by atoms with Crippen molar-refractivity contribution in [2.45, 2.75) is 0 Å². The normalized spacial score (nSPS) is 14.2. The van der Waals surface area contributed by atoms with E-state index in [-0.39, 0.29) is 5.91 Å². The average molecular weight is 366 g/mol. The number of para-hydroxylation sites is 2. The number of rotatable bonds is 4. The van der Waals surface area contributed by atoms with Crippen molar-refractivity contribution in [2.24, 2.45) is 0 Å². The van der Waals surface area contributed by atoms with Gasteiger partial charge in [-0.1, -0.05) is 18.2 Å². The number of hydrogen-bond donors (Lipinski definition) is 1. The van der Waals surface area contributed by atoms with Crippen molar-refractivity contribution in [1.82, 2.24) is 9.97 Å². The second kappa shape index (κ2) is 7.63. The van der Waals surface area contributed by atoms with Crippen LogP contribution in [-0.2, 0) is 4.74 Å². The number of carbonyl (C=O) groups excluding carboxylic acids is 1. The van der Waals surface area contributed by atoms with Crippen molar-refractivity contribution in [1.29, 1.82) is 0 Å². The lowest BCUT2D eigenvalue weighted by atomic mass is 10.2. The maximum absolute atomic E-state index is 12.7. The monoisotopic (exact) mass is 366 g/mol. The Morgan fingerprint density at radius 3 is 2.73 bits per heavy atom. The van der Waals surface area contributed by atoms with Gasteiger partial charge in [0.1, 0.15) is 10.7 Å². The third-order valence-electron chi connectivity index (χ3n) is 4.12. The van der Waals surface area contributed by atoms with Crippen LogP contribution in [0.5, 0.6) is 0 Å². The zero-order valence-electron chi connectivity index (χ0n) is 14.1. The summed E-state index contributed by atoms with van der Waals surface area (Å²) < 4.78 is 5.41. The summed E-state index contributed by atoms with van der Waals surface area (Å²) in [6.07, 6.45) is 1.72. The maximum Gasteiger partial charge on any atom is 0.275 e. The van der Waals surface area contributed by atoms with Crippen LogP contribution in [0.2, 0.25) is 0 Å². The molecule has 0 aliphatic carbocycles. The number of benzene rings is 1. The van der Waals surface area contributed by atoms with E-state index in [2.05, 4.69) is 20.2 Å². The molecule has 1 aliphatic heterocycles. The van der Waals surface area contributed by atoms with E-state index < -0.39 is 0 Å². The highest BCUT2D eigenvalue weighted by Gasteiger charge is 2.18. The fourth-order valence-electron chi connectivity index (χ4n) is 2.83. The van der Waals surface area contributed by atoms with Gasteiger partial charge in [-0.15, -0.1) is 11.3 Å². The molecule has 7 heteroatoms. The lowest BCUT2D eigenvalue weighted by Gasteiger charge is -2.30. The lowest BCUT2D eigenvalue weighted by Crippen LogP contribution is -2.36. The number of amides is 1. The zero-order chi connectivity index (χ0) is 17.8. The highest BCUT2D eigenvalue weighted by atomic mass is 32.1. The lowest BCUT2D eigenvalue weighted by molar-refractivity contribution is 0.102. The Kier molecular flexibility index (Phi) is 4.90. The first-order valence-electron chi connectivity index (χ1n) is 8.41. The Morgan fingerprint density at radius 2 is 1.92 bits per heavy atom. The van der Waals surface area contributed by atoms with Crippen LogP contribution in [0.4, 0.5) is 11.4 Å². The fourth-order valence-corrected chi connectivity index (χ4v) is 3.61. The quantitative estimate of drug-likeness (QED) is 0.767. The van der Waals surface area contributed by atoms with E-state index in [1.54, 1.807) is 11.6 Å². The number of carbonyl (C=O) groups is 1. The van der Waals surface area contributed by atoms with Gasteiger partial charge >= 0.3 is 0 Å². The first-order chi connectivity index (χ1) is 12.8. The van der Waals surface area contributed by atoms with E-state index in [4.69, 9.17) is 4.74 Å². The highest BCUT2D eigenvalue weighted by Crippen LogP contribution is 2.27. The SMILES string of the molecule is O=C(Nc1ccccc1N1CCOCC1)c1csc(-c2ccccn2)n1. The summed E-state index contributed by atoms with van der Waals surface area (Å²) in [6, 6.07) is 13.5. The molecule has 4 rings (SSSR count). The van der Waals surface area contributed by atoms with Crippen molar-refractivity contribution >= 4 is 28.6 Å². The number of aromatic nitrogens is 2. The highest BCUT2D eigenvalue weighted by molar-refractivity contribution is 7.13.